The Morgan fingerprint density at radius 3 is 2.79 bits per heavy atom. The summed E-state index contributed by atoms with van der Waals surface area (Å²) in [4.78, 5) is 12.0. The molecule has 0 N–H and O–H groups in total. The predicted molar refractivity (Wildman–Crippen MR) is 75.9 cm³/mol. The first-order valence-electron chi connectivity index (χ1n) is 6.56. The smallest absolute Gasteiger partial charge is 0.173 e. The van der Waals surface area contributed by atoms with Crippen molar-refractivity contribution in [1.82, 2.24) is 0 Å². The molecule has 0 spiro atoms. The molecule has 1 aromatic carbocycles. The fourth-order valence-corrected chi connectivity index (χ4v) is 2.77. The summed E-state index contributed by atoms with van der Waals surface area (Å²) >= 11 is 3.31. The van der Waals surface area contributed by atoms with Crippen molar-refractivity contribution in [2.75, 3.05) is 6.61 Å². The molecule has 1 saturated carbocycles. The van der Waals surface area contributed by atoms with Gasteiger partial charge in [0.05, 0.1) is 5.56 Å². The van der Waals surface area contributed by atoms with Crippen LogP contribution in [0.15, 0.2) is 22.7 Å². The van der Waals surface area contributed by atoms with Crippen molar-refractivity contribution in [2.45, 2.75) is 32.1 Å². The summed E-state index contributed by atoms with van der Waals surface area (Å²) in [5, 5.41) is 9.02. The van der Waals surface area contributed by atoms with E-state index >= 15 is 0 Å². The summed E-state index contributed by atoms with van der Waals surface area (Å²) in [7, 11) is 0. The van der Waals surface area contributed by atoms with Gasteiger partial charge in [0, 0.05) is 10.4 Å². The SMILES string of the molecule is N#Cc1cc(Br)ccc1OCC(=O)C1CCCCC1. The summed E-state index contributed by atoms with van der Waals surface area (Å²) in [6.45, 7) is 0.0704. The van der Waals surface area contributed by atoms with E-state index in [1.54, 1.807) is 18.2 Å². The summed E-state index contributed by atoms with van der Waals surface area (Å²) in [5.41, 5.74) is 0.450. The number of ketones is 1. The molecule has 0 aromatic heterocycles. The molecule has 0 atom stereocenters. The molecule has 1 aliphatic carbocycles. The Labute approximate surface area is 121 Å². The maximum Gasteiger partial charge on any atom is 0.173 e. The molecule has 1 aliphatic rings. The van der Waals surface area contributed by atoms with E-state index in [4.69, 9.17) is 10.00 Å². The Hall–Kier alpha value is -1.34. The van der Waals surface area contributed by atoms with Crippen molar-refractivity contribution in [3.63, 3.8) is 0 Å². The van der Waals surface area contributed by atoms with Crippen molar-refractivity contribution in [3.05, 3.63) is 28.2 Å². The fourth-order valence-electron chi connectivity index (χ4n) is 2.41. The van der Waals surface area contributed by atoms with E-state index in [2.05, 4.69) is 22.0 Å². The number of halogens is 1. The third kappa shape index (κ3) is 3.81. The van der Waals surface area contributed by atoms with Crippen LogP contribution >= 0.6 is 15.9 Å². The molecule has 19 heavy (non-hydrogen) atoms. The molecule has 1 fully saturated rings. The summed E-state index contributed by atoms with van der Waals surface area (Å²) in [6, 6.07) is 7.29. The van der Waals surface area contributed by atoms with E-state index < -0.39 is 0 Å². The van der Waals surface area contributed by atoms with Crippen LogP contribution < -0.4 is 4.74 Å². The maximum atomic E-state index is 12.0. The van der Waals surface area contributed by atoms with Gasteiger partial charge in [-0.05, 0) is 31.0 Å². The van der Waals surface area contributed by atoms with Gasteiger partial charge >= 0.3 is 0 Å². The Bertz CT molecular complexity index is 501. The fraction of sp³-hybridized carbons (Fsp3) is 0.467. The summed E-state index contributed by atoms with van der Waals surface area (Å²) in [6.07, 6.45) is 5.47. The molecule has 0 amide bonds. The monoisotopic (exact) mass is 321 g/mol. The zero-order valence-corrected chi connectivity index (χ0v) is 12.3. The number of hydrogen-bond donors (Lipinski definition) is 0. The molecule has 4 heteroatoms. The van der Waals surface area contributed by atoms with Gasteiger partial charge in [0.1, 0.15) is 18.4 Å². The van der Waals surface area contributed by atoms with Crippen LogP contribution in [0, 0.1) is 17.2 Å². The zero-order valence-electron chi connectivity index (χ0n) is 10.7. The van der Waals surface area contributed by atoms with Gasteiger partial charge in [-0.25, -0.2) is 0 Å². The lowest BCUT2D eigenvalue weighted by Crippen LogP contribution is -2.23. The molecule has 1 aromatic rings. The number of ether oxygens (including phenoxy) is 1. The Morgan fingerprint density at radius 1 is 1.37 bits per heavy atom. The second kappa shape index (κ2) is 6.72. The van der Waals surface area contributed by atoms with E-state index in [1.165, 1.54) is 6.42 Å². The first kappa shape index (κ1) is 14.1. The lowest BCUT2D eigenvalue weighted by Gasteiger charge is -2.20. The molecule has 0 bridgehead atoms. The van der Waals surface area contributed by atoms with E-state index in [1.807, 2.05) is 0 Å². The largest absolute Gasteiger partial charge is 0.484 e. The molecule has 0 saturated heterocycles. The van der Waals surface area contributed by atoms with Crippen LogP contribution in [-0.4, -0.2) is 12.4 Å². The molecule has 100 valence electrons. The van der Waals surface area contributed by atoms with Crippen molar-refractivity contribution in [1.29, 1.82) is 5.26 Å². The second-order valence-electron chi connectivity index (χ2n) is 4.84. The van der Waals surface area contributed by atoms with Crippen LogP contribution in [0.1, 0.15) is 37.7 Å². The van der Waals surface area contributed by atoms with Crippen LogP contribution in [0.5, 0.6) is 5.75 Å². The van der Waals surface area contributed by atoms with Gasteiger partial charge in [0.25, 0.3) is 0 Å². The number of nitrogens with zero attached hydrogens (tertiary/aromatic N) is 1. The molecule has 2 rings (SSSR count). The van der Waals surface area contributed by atoms with E-state index in [0.29, 0.717) is 11.3 Å². The van der Waals surface area contributed by atoms with Gasteiger partial charge < -0.3 is 4.74 Å². The number of rotatable bonds is 4. The standard InChI is InChI=1S/C15H16BrNO2/c16-13-6-7-15(12(8-13)9-17)19-10-14(18)11-4-2-1-3-5-11/h6-8,11H,1-5,10H2. The topological polar surface area (TPSA) is 50.1 Å². The lowest BCUT2D eigenvalue weighted by atomic mass is 9.86. The molecular weight excluding hydrogens is 306 g/mol. The van der Waals surface area contributed by atoms with Crippen molar-refractivity contribution in [3.8, 4) is 11.8 Å². The average Bonchev–Trinajstić information content (AvgIpc) is 2.46. The van der Waals surface area contributed by atoms with Crippen molar-refractivity contribution in [2.24, 2.45) is 5.92 Å². The normalized spacial score (nSPS) is 15.8. The first-order valence-corrected chi connectivity index (χ1v) is 7.35. The number of carbonyl (C=O) groups is 1. The minimum atomic E-state index is 0.0704. The highest BCUT2D eigenvalue weighted by Crippen LogP contribution is 2.26. The molecule has 3 nitrogen and oxygen atoms in total. The highest BCUT2D eigenvalue weighted by Gasteiger charge is 2.21. The van der Waals surface area contributed by atoms with Crippen LogP contribution in [-0.2, 0) is 4.79 Å². The number of carbonyl (C=O) groups excluding carboxylic acids is 1. The Balaban J connectivity index is 1.95. The minimum Gasteiger partial charge on any atom is -0.484 e. The van der Waals surface area contributed by atoms with Crippen molar-refractivity contribution < 1.29 is 9.53 Å². The highest BCUT2D eigenvalue weighted by molar-refractivity contribution is 9.10. The Kier molecular flexibility index (Phi) is 4.98. The molecule has 0 heterocycles. The van der Waals surface area contributed by atoms with E-state index in [-0.39, 0.29) is 18.3 Å². The quantitative estimate of drug-likeness (QED) is 0.846. The lowest BCUT2D eigenvalue weighted by molar-refractivity contribution is -0.125. The van der Waals surface area contributed by atoms with Gasteiger partial charge in [-0.15, -0.1) is 0 Å². The second-order valence-corrected chi connectivity index (χ2v) is 5.76. The van der Waals surface area contributed by atoms with Gasteiger partial charge in [-0.2, -0.15) is 5.26 Å². The van der Waals surface area contributed by atoms with Gasteiger partial charge in [0.15, 0.2) is 5.78 Å². The molecular formula is C15H16BrNO2. The molecule has 0 unspecified atom stereocenters. The third-order valence-corrected chi connectivity index (χ3v) is 3.99. The zero-order chi connectivity index (χ0) is 13.7. The van der Waals surface area contributed by atoms with E-state index in [9.17, 15) is 4.79 Å². The van der Waals surface area contributed by atoms with E-state index in [0.717, 1.165) is 30.2 Å². The van der Waals surface area contributed by atoms with Crippen LogP contribution in [0.3, 0.4) is 0 Å². The maximum absolute atomic E-state index is 12.0. The highest BCUT2D eigenvalue weighted by atomic mass is 79.9. The summed E-state index contributed by atoms with van der Waals surface area (Å²) in [5.74, 6) is 0.788. The van der Waals surface area contributed by atoms with Crippen LogP contribution in [0.4, 0.5) is 0 Å². The van der Waals surface area contributed by atoms with Gasteiger partial charge in [-0.3, -0.25) is 4.79 Å². The summed E-state index contributed by atoms with van der Waals surface area (Å²) < 4.78 is 6.33. The third-order valence-electron chi connectivity index (χ3n) is 3.49. The van der Waals surface area contributed by atoms with Gasteiger partial charge in [0.2, 0.25) is 0 Å². The molecule has 0 aliphatic heterocycles. The number of nitriles is 1. The van der Waals surface area contributed by atoms with Crippen LogP contribution in [0.25, 0.3) is 0 Å². The first-order chi connectivity index (χ1) is 9.20. The predicted octanol–water partition coefficient (Wildman–Crippen LogP) is 3.85. The number of hydrogen-bond acceptors (Lipinski definition) is 3. The van der Waals surface area contributed by atoms with Crippen molar-refractivity contribution >= 4 is 21.7 Å². The number of benzene rings is 1. The van der Waals surface area contributed by atoms with Crippen LogP contribution in [0.2, 0.25) is 0 Å². The molecule has 0 radical (unpaired) electrons. The van der Waals surface area contributed by atoms with Gasteiger partial charge in [-0.1, -0.05) is 35.2 Å². The minimum absolute atomic E-state index is 0.0704. The average molecular weight is 322 g/mol. The Morgan fingerprint density at radius 2 is 2.11 bits per heavy atom. The number of Topliss-reactive ketones (excluding diaryl/α,β-unsaturated/α-hetero) is 1.